The summed E-state index contributed by atoms with van der Waals surface area (Å²) in [6.07, 6.45) is 3.03. The summed E-state index contributed by atoms with van der Waals surface area (Å²) in [5.74, 6) is 0.591. The van der Waals surface area contributed by atoms with Crippen molar-refractivity contribution in [1.82, 2.24) is 19.1 Å². The number of ether oxygens (including phenoxy) is 2. The lowest BCUT2D eigenvalue weighted by Gasteiger charge is -2.14. The van der Waals surface area contributed by atoms with E-state index in [-0.39, 0.29) is 53.8 Å². The first-order chi connectivity index (χ1) is 15.6. The monoisotopic (exact) mass is 529 g/mol. The molecule has 5 N–H and O–H groups in total. The third kappa shape index (κ3) is 5.79. The lowest BCUT2D eigenvalue weighted by molar-refractivity contribution is -0.0314. The Hall–Kier alpha value is -2.32. The van der Waals surface area contributed by atoms with Crippen LogP contribution in [0.4, 0.5) is 5.82 Å². The van der Waals surface area contributed by atoms with E-state index in [9.17, 15) is 14.4 Å². The molecule has 4 heterocycles. The van der Waals surface area contributed by atoms with E-state index in [1.807, 2.05) is 13.8 Å². The number of hydrogen-bond acceptors (Lipinski definition) is 9. The van der Waals surface area contributed by atoms with Gasteiger partial charge in [0.1, 0.15) is 18.3 Å². The molecule has 6 atom stereocenters. The number of nitrogens with one attached hydrogen (secondary N) is 1. The number of aliphatic hydroxyl groups is 2. The Morgan fingerprint density at radius 3 is 2.12 bits per heavy atom. The normalized spacial score (nSPS) is 29.0. The zero-order chi connectivity index (χ0) is 24.3. The van der Waals surface area contributed by atoms with E-state index < -0.39 is 23.2 Å². The van der Waals surface area contributed by atoms with Crippen LogP contribution in [-0.2, 0) is 9.47 Å². The van der Waals surface area contributed by atoms with Crippen molar-refractivity contribution < 1.29 is 19.7 Å². The fraction of sp³-hybridized carbons (Fsp3) is 0.600. The van der Waals surface area contributed by atoms with Crippen LogP contribution in [0.1, 0.15) is 39.1 Å². The van der Waals surface area contributed by atoms with Gasteiger partial charge in [-0.05, 0) is 46.7 Å². The molecule has 2 fully saturated rings. The molecule has 2 aromatic rings. The van der Waals surface area contributed by atoms with Crippen molar-refractivity contribution in [3.63, 3.8) is 0 Å². The van der Waals surface area contributed by atoms with Crippen molar-refractivity contribution in [3.8, 4) is 0 Å². The van der Waals surface area contributed by atoms with E-state index in [4.69, 9.17) is 25.4 Å². The Kier molecular flexibility index (Phi) is 8.23. The van der Waals surface area contributed by atoms with Gasteiger partial charge in [0.15, 0.2) is 0 Å². The van der Waals surface area contributed by atoms with E-state index in [0.29, 0.717) is 12.8 Å². The van der Waals surface area contributed by atoms with Crippen LogP contribution in [0.15, 0.2) is 37.3 Å². The fourth-order valence-corrected chi connectivity index (χ4v) is 4.17. The number of aromatic amines is 1. The first-order valence-electron chi connectivity index (χ1n) is 10.5. The highest BCUT2D eigenvalue weighted by molar-refractivity contribution is 9.10. The lowest BCUT2D eigenvalue weighted by atomic mass is 10.0. The Morgan fingerprint density at radius 1 is 1.09 bits per heavy atom. The molecular formula is C20H28BrN5O7. The highest BCUT2D eigenvalue weighted by Gasteiger charge is 2.34. The van der Waals surface area contributed by atoms with Gasteiger partial charge in [-0.1, -0.05) is 13.8 Å². The highest BCUT2D eigenvalue weighted by Crippen LogP contribution is 2.32. The van der Waals surface area contributed by atoms with Gasteiger partial charge in [-0.2, -0.15) is 4.98 Å². The molecule has 2 aromatic heterocycles. The first kappa shape index (κ1) is 25.3. The molecule has 0 unspecified atom stereocenters. The summed E-state index contributed by atoms with van der Waals surface area (Å²) in [5, 5.41) is 18.2. The summed E-state index contributed by atoms with van der Waals surface area (Å²) in [6.45, 7) is 3.83. The molecule has 0 bridgehead atoms. The summed E-state index contributed by atoms with van der Waals surface area (Å²) in [6, 6.07) is 1.56. The quantitative estimate of drug-likeness (QED) is 0.423. The number of H-pyrrole nitrogens is 1. The largest absolute Gasteiger partial charge is 0.394 e. The SMILES string of the molecule is C[C@@H]1C[C@H](n2cc(Br)c(=O)[nH]c2=O)O[C@@H]1CO.C[C@@H]1C[C@H](n2ccc(N)nc2=O)O[C@@H]1CO. The predicted octanol–water partition coefficient (Wildman–Crippen LogP) is -0.0436. The van der Waals surface area contributed by atoms with Gasteiger partial charge in [0, 0.05) is 12.4 Å². The number of rotatable bonds is 4. The van der Waals surface area contributed by atoms with Crippen LogP contribution in [0, 0.1) is 11.8 Å². The van der Waals surface area contributed by atoms with Crippen LogP contribution in [0.25, 0.3) is 0 Å². The Morgan fingerprint density at radius 2 is 1.64 bits per heavy atom. The van der Waals surface area contributed by atoms with Crippen molar-refractivity contribution in [2.24, 2.45) is 11.8 Å². The van der Waals surface area contributed by atoms with E-state index in [2.05, 4.69) is 25.9 Å². The van der Waals surface area contributed by atoms with Gasteiger partial charge in [0.05, 0.1) is 29.9 Å². The maximum Gasteiger partial charge on any atom is 0.351 e. The average Bonchev–Trinajstić information content (AvgIpc) is 3.32. The fourth-order valence-electron chi connectivity index (χ4n) is 3.85. The summed E-state index contributed by atoms with van der Waals surface area (Å²) in [5.41, 5.74) is 4.01. The zero-order valence-electron chi connectivity index (χ0n) is 18.3. The number of aromatic nitrogens is 4. The van der Waals surface area contributed by atoms with Gasteiger partial charge in [-0.3, -0.25) is 18.9 Å². The summed E-state index contributed by atoms with van der Waals surface area (Å²) in [7, 11) is 0. The van der Waals surface area contributed by atoms with Gasteiger partial charge in [0.2, 0.25) is 0 Å². The molecule has 33 heavy (non-hydrogen) atoms. The molecule has 2 aliphatic rings. The second kappa shape index (κ2) is 10.7. The number of nitrogen functional groups attached to an aromatic ring is 1. The molecule has 182 valence electrons. The predicted molar refractivity (Wildman–Crippen MR) is 121 cm³/mol. The third-order valence-corrected chi connectivity index (χ3v) is 6.40. The topological polar surface area (TPSA) is 175 Å². The number of hydrogen-bond donors (Lipinski definition) is 4. The van der Waals surface area contributed by atoms with E-state index in [0.717, 1.165) is 0 Å². The molecule has 0 aromatic carbocycles. The van der Waals surface area contributed by atoms with Gasteiger partial charge in [0.25, 0.3) is 5.56 Å². The molecule has 2 saturated heterocycles. The van der Waals surface area contributed by atoms with Crippen LogP contribution in [-0.4, -0.2) is 54.7 Å². The van der Waals surface area contributed by atoms with Crippen LogP contribution in [0.2, 0.25) is 0 Å². The molecule has 0 amide bonds. The van der Waals surface area contributed by atoms with Gasteiger partial charge < -0.3 is 25.4 Å². The molecule has 0 radical (unpaired) electrons. The number of anilines is 1. The van der Waals surface area contributed by atoms with Crippen molar-refractivity contribution in [1.29, 1.82) is 0 Å². The Bertz CT molecular complexity index is 1130. The molecule has 4 rings (SSSR count). The molecule has 0 spiro atoms. The van der Waals surface area contributed by atoms with Crippen LogP contribution in [0.5, 0.6) is 0 Å². The smallest absolute Gasteiger partial charge is 0.351 e. The van der Waals surface area contributed by atoms with Crippen LogP contribution >= 0.6 is 15.9 Å². The highest BCUT2D eigenvalue weighted by atomic mass is 79.9. The molecular weight excluding hydrogens is 502 g/mol. The van der Waals surface area contributed by atoms with Crippen molar-refractivity contribution in [2.45, 2.75) is 51.4 Å². The lowest BCUT2D eigenvalue weighted by Crippen LogP contribution is -2.32. The Balaban J connectivity index is 0.000000186. The number of halogens is 1. The minimum atomic E-state index is -0.506. The molecule has 2 aliphatic heterocycles. The van der Waals surface area contributed by atoms with E-state index in [1.54, 1.807) is 12.3 Å². The Labute approximate surface area is 197 Å². The second-order valence-corrected chi connectivity index (χ2v) is 9.09. The van der Waals surface area contributed by atoms with Crippen molar-refractivity contribution >= 4 is 21.7 Å². The van der Waals surface area contributed by atoms with Gasteiger partial charge in [-0.25, -0.2) is 9.59 Å². The summed E-state index contributed by atoms with van der Waals surface area (Å²) < 4.78 is 14.1. The second-order valence-electron chi connectivity index (χ2n) is 8.24. The molecule has 0 saturated carbocycles. The summed E-state index contributed by atoms with van der Waals surface area (Å²) >= 11 is 3.07. The van der Waals surface area contributed by atoms with E-state index in [1.165, 1.54) is 15.3 Å². The van der Waals surface area contributed by atoms with Gasteiger partial charge >= 0.3 is 11.4 Å². The maximum absolute atomic E-state index is 11.6. The maximum atomic E-state index is 11.6. The van der Waals surface area contributed by atoms with Gasteiger partial charge in [-0.15, -0.1) is 0 Å². The first-order valence-corrected chi connectivity index (χ1v) is 11.3. The molecule has 13 heteroatoms. The van der Waals surface area contributed by atoms with E-state index >= 15 is 0 Å². The number of nitrogens with two attached hydrogens (primary N) is 1. The summed E-state index contributed by atoms with van der Waals surface area (Å²) in [4.78, 5) is 40.2. The zero-order valence-corrected chi connectivity index (χ0v) is 19.8. The minimum absolute atomic E-state index is 0.0329. The van der Waals surface area contributed by atoms with Crippen molar-refractivity contribution in [2.75, 3.05) is 18.9 Å². The average molecular weight is 530 g/mol. The number of aliphatic hydroxyl groups excluding tert-OH is 2. The standard InChI is InChI=1S/C10H13BrN2O4.C10H15N3O3/c1-5-2-8(17-7(5)4-14)13-3-6(11)9(15)12-10(13)16;1-6-4-9(16-7(6)5-14)13-3-2-8(11)12-10(13)15/h3,5,7-8,14H,2,4H2,1H3,(H,12,15,16);2-3,6-7,9,14H,4-5H2,1H3,(H2,11,12,15)/t5-,7-,8-;6-,7-,9-/m11/s1. The number of nitrogens with zero attached hydrogens (tertiary/aromatic N) is 3. The molecule has 12 nitrogen and oxygen atoms in total. The van der Waals surface area contributed by atoms with Crippen LogP contribution in [0.3, 0.4) is 0 Å². The third-order valence-electron chi connectivity index (χ3n) is 5.84. The minimum Gasteiger partial charge on any atom is -0.394 e. The molecule has 0 aliphatic carbocycles. The van der Waals surface area contributed by atoms with Crippen molar-refractivity contribution in [3.05, 3.63) is 54.3 Å². The van der Waals surface area contributed by atoms with Crippen LogP contribution < -0.4 is 22.7 Å².